The molecule has 19 heavy (non-hydrogen) atoms. The molecule has 0 aromatic carbocycles. The Hall–Kier alpha value is -1.13. The predicted molar refractivity (Wildman–Crippen MR) is 74.3 cm³/mol. The highest BCUT2D eigenvalue weighted by atomic mass is 35.5. The molecular weight excluding hydrogens is 262 g/mol. The maximum absolute atomic E-state index is 12.4. The number of carbonyl (C=O) groups excluding carboxylic acids is 1. The number of nitrogens with one attached hydrogen (secondary N) is 1. The lowest BCUT2D eigenvalue weighted by atomic mass is 9.98. The van der Waals surface area contributed by atoms with Gasteiger partial charge < -0.3 is 10.2 Å². The second kappa shape index (κ2) is 5.10. The summed E-state index contributed by atoms with van der Waals surface area (Å²) in [6.45, 7) is 0. The van der Waals surface area contributed by atoms with Gasteiger partial charge in [-0.3, -0.25) is 4.79 Å². The molecule has 0 unspecified atom stereocenters. The van der Waals surface area contributed by atoms with Gasteiger partial charge in [0, 0.05) is 36.9 Å². The lowest BCUT2D eigenvalue weighted by Gasteiger charge is -2.35. The summed E-state index contributed by atoms with van der Waals surface area (Å²) in [6.07, 6.45) is 6.17. The van der Waals surface area contributed by atoms with Gasteiger partial charge in [0.15, 0.2) is 0 Å². The van der Waals surface area contributed by atoms with E-state index < -0.39 is 0 Å². The first-order valence-corrected chi connectivity index (χ1v) is 7.16. The van der Waals surface area contributed by atoms with Crippen molar-refractivity contribution in [2.75, 3.05) is 7.05 Å². The number of fused-ring (bicyclic) bond motifs is 2. The van der Waals surface area contributed by atoms with Gasteiger partial charge in [-0.1, -0.05) is 11.6 Å². The Morgan fingerprint density at radius 1 is 1.42 bits per heavy atom. The first-order chi connectivity index (χ1) is 9.13. The largest absolute Gasteiger partial charge is 0.339 e. The summed E-state index contributed by atoms with van der Waals surface area (Å²) in [6, 6.07) is 4.86. The third-order valence-electron chi connectivity index (χ3n) is 4.29. The van der Waals surface area contributed by atoms with E-state index in [1.54, 1.807) is 18.3 Å². The van der Waals surface area contributed by atoms with Crippen LogP contribution in [0.25, 0.3) is 0 Å². The van der Waals surface area contributed by atoms with Crippen LogP contribution >= 0.6 is 11.6 Å². The predicted octanol–water partition coefficient (Wildman–Crippen LogP) is 2.09. The van der Waals surface area contributed by atoms with E-state index in [4.69, 9.17) is 11.6 Å². The van der Waals surface area contributed by atoms with Gasteiger partial charge in [-0.2, -0.15) is 0 Å². The zero-order chi connectivity index (χ0) is 13.4. The number of halogens is 1. The lowest BCUT2D eigenvalue weighted by molar-refractivity contribution is 0.0681. The van der Waals surface area contributed by atoms with E-state index in [1.807, 2.05) is 11.9 Å². The molecule has 2 aliphatic heterocycles. The minimum atomic E-state index is 0.0376. The Kier molecular flexibility index (Phi) is 3.46. The standard InChI is InChI=1S/C14H18ClN3O/c1-18(12-7-10-2-3-11(8-12)17-10)14(19)9-4-5-16-13(15)6-9/h4-6,10-12,17H,2-3,7-8H2,1H3/t10-,11-/m0/s1. The molecule has 102 valence electrons. The topological polar surface area (TPSA) is 45.2 Å². The minimum Gasteiger partial charge on any atom is -0.339 e. The van der Waals surface area contributed by atoms with Crippen LogP contribution in [0.3, 0.4) is 0 Å². The fraction of sp³-hybridized carbons (Fsp3) is 0.571. The van der Waals surface area contributed by atoms with Crippen molar-refractivity contribution in [3.8, 4) is 0 Å². The van der Waals surface area contributed by atoms with E-state index in [9.17, 15) is 4.79 Å². The number of hydrogen-bond acceptors (Lipinski definition) is 3. The summed E-state index contributed by atoms with van der Waals surface area (Å²) in [5.41, 5.74) is 0.619. The van der Waals surface area contributed by atoms with Crippen molar-refractivity contribution in [1.29, 1.82) is 0 Å². The molecule has 1 amide bonds. The first-order valence-electron chi connectivity index (χ1n) is 6.78. The summed E-state index contributed by atoms with van der Waals surface area (Å²) >= 11 is 5.84. The van der Waals surface area contributed by atoms with Crippen molar-refractivity contribution < 1.29 is 4.79 Å². The van der Waals surface area contributed by atoms with Gasteiger partial charge in [-0.15, -0.1) is 0 Å². The van der Waals surface area contributed by atoms with Crippen LogP contribution in [0.1, 0.15) is 36.0 Å². The average molecular weight is 280 g/mol. The quantitative estimate of drug-likeness (QED) is 0.843. The molecule has 1 aromatic heterocycles. The average Bonchev–Trinajstić information content (AvgIpc) is 2.76. The second-order valence-electron chi connectivity index (χ2n) is 5.55. The molecule has 0 radical (unpaired) electrons. The molecule has 1 aromatic rings. The zero-order valence-electron chi connectivity index (χ0n) is 11.0. The molecule has 2 fully saturated rings. The number of amides is 1. The number of piperidine rings is 1. The summed E-state index contributed by atoms with van der Waals surface area (Å²) in [4.78, 5) is 18.2. The van der Waals surface area contributed by atoms with Crippen molar-refractivity contribution in [2.45, 2.75) is 43.8 Å². The van der Waals surface area contributed by atoms with Gasteiger partial charge >= 0.3 is 0 Å². The van der Waals surface area contributed by atoms with Gasteiger partial charge in [0.1, 0.15) is 5.15 Å². The molecular formula is C14H18ClN3O. The van der Waals surface area contributed by atoms with E-state index in [2.05, 4.69) is 10.3 Å². The molecule has 2 saturated heterocycles. The maximum Gasteiger partial charge on any atom is 0.254 e. The normalized spacial score (nSPS) is 29.3. The highest BCUT2D eigenvalue weighted by Gasteiger charge is 2.36. The van der Waals surface area contributed by atoms with E-state index in [-0.39, 0.29) is 5.91 Å². The number of pyridine rings is 1. The van der Waals surface area contributed by atoms with Crippen LogP contribution in [0.4, 0.5) is 0 Å². The number of carbonyl (C=O) groups is 1. The molecule has 3 rings (SSSR count). The molecule has 2 aliphatic rings. The molecule has 5 heteroatoms. The Bertz CT molecular complexity index is 481. The van der Waals surface area contributed by atoms with Crippen molar-refractivity contribution in [1.82, 2.24) is 15.2 Å². The molecule has 2 atom stereocenters. The zero-order valence-corrected chi connectivity index (χ0v) is 11.7. The molecule has 1 N–H and O–H groups in total. The summed E-state index contributed by atoms with van der Waals surface area (Å²) in [5.74, 6) is 0.0376. The smallest absolute Gasteiger partial charge is 0.254 e. The number of nitrogens with zero attached hydrogens (tertiary/aromatic N) is 2. The second-order valence-corrected chi connectivity index (χ2v) is 5.93. The fourth-order valence-electron chi connectivity index (χ4n) is 3.25. The monoisotopic (exact) mass is 279 g/mol. The molecule has 3 heterocycles. The first kappa shape index (κ1) is 12.9. The van der Waals surface area contributed by atoms with Gasteiger partial charge in [0.25, 0.3) is 5.91 Å². The third-order valence-corrected chi connectivity index (χ3v) is 4.50. The highest BCUT2D eigenvalue weighted by molar-refractivity contribution is 6.29. The van der Waals surface area contributed by atoms with Crippen LogP contribution in [0.2, 0.25) is 5.15 Å². The maximum atomic E-state index is 12.4. The van der Waals surface area contributed by atoms with Gasteiger partial charge in [0.2, 0.25) is 0 Å². The van der Waals surface area contributed by atoms with Gasteiger partial charge in [-0.05, 0) is 37.8 Å². The Morgan fingerprint density at radius 2 is 2.11 bits per heavy atom. The van der Waals surface area contributed by atoms with Crippen LogP contribution < -0.4 is 5.32 Å². The van der Waals surface area contributed by atoms with Crippen LogP contribution in [0.15, 0.2) is 18.3 Å². The van der Waals surface area contributed by atoms with Gasteiger partial charge in [0.05, 0.1) is 0 Å². The Labute approximate surface area is 118 Å². The number of rotatable bonds is 2. The van der Waals surface area contributed by atoms with Crippen molar-refractivity contribution in [3.05, 3.63) is 29.0 Å². The number of aromatic nitrogens is 1. The van der Waals surface area contributed by atoms with Crippen molar-refractivity contribution in [3.63, 3.8) is 0 Å². The Morgan fingerprint density at radius 3 is 2.74 bits per heavy atom. The molecule has 0 saturated carbocycles. The number of hydrogen-bond donors (Lipinski definition) is 1. The fourth-order valence-corrected chi connectivity index (χ4v) is 3.42. The summed E-state index contributed by atoms with van der Waals surface area (Å²) in [7, 11) is 1.89. The summed E-state index contributed by atoms with van der Waals surface area (Å²) in [5, 5.41) is 3.96. The highest BCUT2D eigenvalue weighted by Crippen LogP contribution is 2.29. The van der Waals surface area contributed by atoms with E-state index in [1.165, 1.54) is 12.8 Å². The third kappa shape index (κ3) is 2.60. The minimum absolute atomic E-state index is 0.0376. The molecule has 0 aliphatic carbocycles. The molecule has 4 nitrogen and oxygen atoms in total. The van der Waals surface area contributed by atoms with Crippen molar-refractivity contribution in [2.24, 2.45) is 0 Å². The summed E-state index contributed by atoms with van der Waals surface area (Å²) < 4.78 is 0. The van der Waals surface area contributed by atoms with Crippen LogP contribution in [0, 0.1) is 0 Å². The molecule has 0 spiro atoms. The Balaban J connectivity index is 1.73. The van der Waals surface area contributed by atoms with E-state index in [0.717, 1.165) is 12.8 Å². The lowest BCUT2D eigenvalue weighted by Crippen LogP contribution is -2.48. The molecule has 2 bridgehead atoms. The van der Waals surface area contributed by atoms with E-state index in [0.29, 0.717) is 28.8 Å². The van der Waals surface area contributed by atoms with Gasteiger partial charge in [-0.25, -0.2) is 4.98 Å². The van der Waals surface area contributed by atoms with Crippen LogP contribution in [-0.4, -0.2) is 41.0 Å². The van der Waals surface area contributed by atoms with Crippen molar-refractivity contribution >= 4 is 17.5 Å². The SMILES string of the molecule is CN(C(=O)c1ccnc(Cl)c1)C1C[C@@H]2CC[C@@H](C1)N2. The van der Waals surface area contributed by atoms with Crippen LogP contribution in [-0.2, 0) is 0 Å². The van der Waals surface area contributed by atoms with E-state index >= 15 is 0 Å². The van der Waals surface area contributed by atoms with Crippen LogP contribution in [0.5, 0.6) is 0 Å².